The normalized spacial score (nSPS) is 11.8. The minimum Gasteiger partial charge on any atom is -0.493 e. The Labute approximate surface area is 278 Å². The predicted molar refractivity (Wildman–Crippen MR) is 183 cm³/mol. The molecular formula is C40H34N4O4. The van der Waals surface area contributed by atoms with E-state index in [1.807, 2.05) is 116 Å². The van der Waals surface area contributed by atoms with Gasteiger partial charge in [0.1, 0.15) is 11.5 Å². The Balaban J connectivity index is 1.13. The first-order valence-corrected chi connectivity index (χ1v) is 15.9. The Morgan fingerprint density at radius 1 is 0.792 bits per heavy atom. The molecule has 0 saturated heterocycles. The van der Waals surface area contributed by atoms with E-state index in [4.69, 9.17) is 18.6 Å². The highest BCUT2D eigenvalue weighted by Crippen LogP contribution is 2.33. The molecule has 48 heavy (non-hydrogen) atoms. The molecule has 7 rings (SSSR count). The van der Waals surface area contributed by atoms with Crippen LogP contribution >= 0.6 is 0 Å². The zero-order valence-electron chi connectivity index (χ0n) is 26.7. The second kappa shape index (κ2) is 13.8. The third-order valence-corrected chi connectivity index (χ3v) is 8.33. The van der Waals surface area contributed by atoms with Crippen molar-refractivity contribution >= 4 is 5.78 Å². The lowest BCUT2D eigenvalue weighted by Crippen LogP contribution is -2.13. The maximum absolute atomic E-state index is 13.6. The van der Waals surface area contributed by atoms with Crippen molar-refractivity contribution in [2.75, 3.05) is 6.61 Å². The van der Waals surface area contributed by atoms with Gasteiger partial charge in [-0.1, -0.05) is 72.8 Å². The fourth-order valence-electron chi connectivity index (χ4n) is 5.93. The summed E-state index contributed by atoms with van der Waals surface area (Å²) in [5, 5.41) is 8.37. The summed E-state index contributed by atoms with van der Waals surface area (Å²) in [4.78, 5) is 18.3. The summed E-state index contributed by atoms with van der Waals surface area (Å²) in [5.74, 6) is 3.03. The highest BCUT2D eigenvalue weighted by molar-refractivity contribution is 6.11. The van der Waals surface area contributed by atoms with Crippen LogP contribution < -0.4 is 4.74 Å². The van der Waals surface area contributed by atoms with Crippen molar-refractivity contribution in [3.63, 3.8) is 0 Å². The number of rotatable bonds is 12. The average molecular weight is 635 g/mol. The summed E-state index contributed by atoms with van der Waals surface area (Å²) in [6.07, 6.45) is 3.10. The molecule has 0 aliphatic heterocycles. The largest absolute Gasteiger partial charge is 0.493 e. The summed E-state index contributed by atoms with van der Waals surface area (Å²) < 4.78 is 20.0. The van der Waals surface area contributed by atoms with Crippen molar-refractivity contribution in [1.82, 2.24) is 19.7 Å². The van der Waals surface area contributed by atoms with Crippen molar-refractivity contribution < 1.29 is 18.4 Å². The molecule has 0 radical (unpaired) electrons. The highest BCUT2D eigenvalue weighted by Gasteiger charge is 2.24. The van der Waals surface area contributed by atoms with Crippen LogP contribution in [-0.2, 0) is 12.8 Å². The first kappa shape index (κ1) is 30.6. The highest BCUT2D eigenvalue weighted by atomic mass is 16.5. The number of carbonyl (C=O) groups excluding carboxylic acids is 1. The maximum atomic E-state index is 13.6. The molecule has 8 nitrogen and oxygen atoms in total. The average Bonchev–Trinajstić information content (AvgIpc) is 3.88. The number of benzene rings is 4. The van der Waals surface area contributed by atoms with Gasteiger partial charge < -0.3 is 18.1 Å². The lowest BCUT2D eigenvalue weighted by atomic mass is 9.91. The van der Waals surface area contributed by atoms with E-state index < -0.39 is 0 Å². The van der Waals surface area contributed by atoms with E-state index >= 15 is 0 Å². The van der Waals surface area contributed by atoms with E-state index in [-0.39, 0.29) is 11.7 Å². The Bertz CT molecular complexity index is 2130. The van der Waals surface area contributed by atoms with E-state index in [9.17, 15) is 4.79 Å². The fraction of sp³-hybridized carbons (Fsp3) is 0.150. The van der Waals surface area contributed by atoms with Gasteiger partial charge in [0.25, 0.3) is 0 Å². The topological polar surface area (TPSA) is 96.2 Å². The van der Waals surface area contributed by atoms with Gasteiger partial charge in [-0.05, 0) is 61.0 Å². The van der Waals surface area contributed by atoms with Gasteiger partial charge in [0.15, 0.2) is 5.78 Å². The molecule has 238 valence electrons. The minimum atomic E-state index is -0.150. The van der Waals surface area contributed by atoms with E-state index in [1.54, 1.807) is 6.92 Å². The van der Waals surface area contributed by atoms with Gasteiger partial charge in [0, 0.05) is 54.3 Å². The van der Waals surface area contributed by atoms with Crippen molar-refractivity contribution in [2.45, 2.75) is 32.6 Å². The lowest BCUT2D eigenvalue weighted by Gasteiger charge is -2.21. The molecule has 7 aromatic rings. The van der Waals surface area contributed by atoms with Crippen LogP contribution in [0, 0.1) is 13.8 Å². The first-order chi connectivity index (χ1) is 23.5. The van der Waals surface area contributed by atoms with Crippen LogP contribution in [0.1, 0.15) is 56.3 Å². The SMILES string of the molecule is Cc1nnc(CC(c2ccc(OCCc3nc(-c4ccccc4)oc3C)cc2)c2cccn2-c2ccccc2C(=O)c2ccccc2)o1. The fourth-order valence-corrected chi connectivity index (χ4v) is 5.93. The number of para-hydroxylation sites is 1. The Kier molecular flexibility index (Phi) is 8.78. The minimum absolute atomic E-state index is 0.0338. The molecule has 0 aliphatic rings. The van der Waals surface area contributed by atoms with Crippen LogP contribution in [-0.4, -0.2) is 32.1 Å². The number of nitrogens with zero attached hydrogens (tertiary/aromatic N) is 4. The zero-order valence-corrected chi connectivity index (χ0v) is 26.7. The molecular weight excluding hydrogens is 600 g/mol. The summed E-state index contributed by atoms with van der Waals surface area (Å²) in [7, 11) is 0. The third-order valence-electron chi connectivity index (χ3n) is 8.33. The number of ether oxygens (including phenoxy) is 1. The van der Waals surface area contributed by atoms with Crippen LogP contribution in [0.3, 0.4) is 0 Å². The molecule has 0 fully saturated rings. The molecule has 4 aromatic carbocycles. The van der Waals surface area contributed by atoms with E-state index in [0.717, 1.165) is 39.7 Å². The molecule has 3 heterocycles. The quantitative estimate of drug-likeness (QED) is 0.125. The second-order valence-corrected chi connectivity index (χ2v) is 11.5. The van der Waals surface area contributed by atoms with Crippen LogP contribution in [0.25, 0.3) is 17.1 Å². The number of ketones is 1. The smallest absolute Gasteiger partial charge is 0.226 e. The van der Waals surface area contributed by atoms with Crippen molar-refractivity contribution in [3.8, 4) is 22.9 Å². The summed E-state index contributed by atoms with van der Waals surface area (Å²) in [5.41, 5.74) is 5.93. The molecule has 0 aliphatic carbocycles. The molecule has 0 bridgehead atoms. The van der Waals surface area contributed by atoms with Crippen LogP contribution in [0.4, 0.5) is 0 Å². The Morgan fingerprint density at radius 3 is 2.27 bits per heavy atom. The van der Waals surface area contributed by atoms with E-state index in [2.05, 4.69) is 33.0 Å². The number of oxazole rings is 1. The number of aryl methyl sites for hydroxylation is 2. The number of aromatic nitrogens is 4. The predicted octanol–water partition coefficient (Wildman–Crippen LogP) is 8.36. The van der Waals surface area contributed by atoms with Gasteiger partial charge in [0.2, 0.25) is 17.7 Å². The van der Waals surface area contributed by atoms with Crippen LogP contribution in [0.15, 0.2) is 136 Å². The Morgan fingerprint density at radius 2 is 1.52 bits per heavy atom. The van der Waals surface area contributed by atoms with Crippen molar-refractivity contribution in [3.05, 3.63) is 173 Å². The van der Waals surface area contributed by atoms with Crippen molar-refractivity contribution in [2.24, 2.45) is 0 Å². The molecule has 8 heteroatoms. The molecule has 0 spiro atoms. The number of hydrogen-bond acceptors (Lipinski definition) is 7. The maximum Gasteiger partial charge on any atom is 0.226 e. The molecule has 0 N–H and O–H groups in total. The van der Waals surface area contributed by atoms with Crippen LogP contribution in [0.2, 0.25) is 0 Å². The lowest BCUT2D eigenvalue weighted by molar-refractivity contribution is 0.103. The van der Waals surface area contributed by atoms with Gasteiger partial charge in [-0.25, -0.2) is 4.98 Å². The molecule has 1 atom stereocenters. The zero-order chi connectivity index (χ0) is 32.9. The van der Waals surface area contributed by atoms with E-state index in [1.165, 1.54) is 0 Å². The molecule has 0 saturated carbocycles. The standard InChI is InChI=1S/C40H34N4O4/c1-27-35(41-40(47-27)31-14-7-4-8-15-31)23-25-46-32-21-19-29(20-22-32)34(26-38-43-42-28(2)48-38)37-18-11-24-44(37)36-17-10-9-16-33(36)39(45)30-12-5-3-6-13-30/h3-22,24,34H,23,25-26H2,1-2H3. The summed E-state index contributed by atoms with van der Waals surface area (Å²) >= 11 is 0. The van der Waals surface area contributed by atoms with Gasteiger partial charge in [-0.3, -0.25) is 4.79 Å². The van der Waals surface area contributed by atoms with Gasteiger partial charge in [-0.15, -0.1) is 10.2 Å². The molecule has 3 aromatic heterocycles. The molecule has 0 amide bonds. The van der Waals surface area contributed by atoms with Gasteiger partial charge in [-0.2, -0.15) is 0 Å². The first-order valence-electron chi connectivity index (χ1n) is 15.9. The second-order valence-electron chi connectivity index (χ2n) is 11.5. The van der Waals surface area contributed by atoms with Crippen LogP contribution in [0.5, 0.6) is 5.75 Å². The number of hydrogen-bond donors (Lipinski definition) is 0. The summed E-state index contributed by atoms with van der Waals surface area (Å²) in [6, 6.07) is 39.1. The Hall–Kier alpha value is -6.02. The van der Waals surface area contributed by atoms with E-state index in [0.29, 0.717) is 48.2 Å². The van der Waals surface area contributed by atoms with Crippen molar-refractivity contribution in [1.29, 1.82) is 0 Å². The summed E-state index contributed by atoms with van der Waals surface area (Å²) in [6.45, 7) is 4.18. The number of carbonyl (C=O) groups is 1. The monoisotopic (exact) mass is 634 g/mol. The van der Waals surface area contributed by atoms with Gasteiger partial charge in [0.05, 0.1) is 18.0 Å². The molecule has 1 unspecified atom stereocenters. The third kappa shape index (κ3) is 6.59. The van der Waals surface area contributed by atoms with Gasteiger partial charge >= 0.3 is 0 Å².